The van der Waals surface area contributed by atoms with E-state index in [0.717, 1.165) is 5.56 Å². The molecule has 2 aromatic rings. The van der Waals surface area contributed by atoms with E-state index in [9.17, 15) is 4.79 Å². The number of nitriles is 1. The summed E-state index contributed by atoms with van der Waals surface area (Å²) in [5.74, 6) is -0.546. The number of nitrogens with zero attached hydrogens (tertiary/aromatic N) is 1. The number of halogens is 1. The Hall–Kier alpha value is -2.32. The van der Waals surface area contributed by atoms with E-state index in [1.807, 2.05) is 13.0 Å². The predicted molar refractivity (Wildman–Crippen MR) is 77.1 cm³/mol. The first-order valence-corrected chi connectivity index (χ1v) is 6.52. The van der Waals surface area contributed by atoms with E-state index in [4.69, 9.17) is 15.1 Å². The van der Waals surface area contributed by atoms with Crippen LogP contribution < -0.4 is 4.74 Å². The Morgan fingerprint density at radius 3 is 2.70 bits per heavy atom. The fourth-order valence-corrected chi connectivity index (χ4v) is 2.14. The maximum absolute atomic E-state index is 11.2. The van der Waals surface area contributed by atoms with Gasteiger partial charge in [0.1, 0.15) is 28.7 Å². The van der Waals surface area contributed by atoms with Crippen molar-refractivity contribution in [2.24, 2.45) is 0 Å². The maximum atomic E-state index is 11.2. The minimum Gasteiger partial charge on any atom is -0.478 e. The summed E-state index contributed by atoms with van der Waals surface area (Å²) in [6.45, 7) is 1.84. The van der Waals surface area contributed by atoms with Crippen LogP contribution in [0, 0.1) is 18.3 Å². The van der Waals surface area contributed by atoms with Crippen molar-refractivity contribution >= 4 is 21.9 Å². The Balaban J connectivity index is 2.51. The molecular weight excluding hydrogens is 322 g/mol. The summed E-state index contributed by atoms with van der Waals surface area (Å²) < 4.78 is 6.22. The molecule has 2 rings (SSSR count). The van der Waals surface area contributed by atoms with Crippen LogP contribution in [0.15, 0.2) is 40.9 Å². The van der Waals surface area contributed by atoms with Gasteiger partial charge in [-0.25, -0.2) is 4.79 Å². The molecule has 0 aliphatic rings. The third-order valence-electron chi connectivity index (χ3n) is 2.67. The Bertz CT molecular complexity index is 720. The first kappa shape index (κ1) is 14.1. The second-order valence-electron chi connectivity index (χ2n) is 4.13. The van der Waals surface area contributed by atoms with Crippen molar-refractivity contribution in [2.45, 2.75) is 6.92 Å². The number of carbonyl (C=O) groups is 1. The molecule has 100 valence electrons. The quantitative estimate of drug-likeness (QED) is 0.918. The number of benzene rings is 2. The van der Waals surface area contributed by atoms with Gasteiger partial charge in [0.05, 0.1) is 0 Å². The molecule has 0 saturated heterocycles. The number of aryl methyl sites for hydroxylation is 1. The summed E-state index contributed by atoms with van der Waals surface area (Å²) in [5.41, 5.74) is 1.25. The van der Waals surface area contributed by atoms with Crippen molar-refractivity contribution in [3.05, 3.63) is 57.6 Å². The molecule has 1 N–H and O–H groups in total. The second kappa shape index (κ2) is 5.76. The zero-order chi connectivity index (χ0) is 14.7. The molecule has 2 aromatic carbocycles. The van der Waals surface area contributed by atoms with Crippen molar-refractivity contribution in [1.82, 2.24) is 0 Å². The standard InChI is InChI=1S/C15H10BrNO3/c1-9-5-6-10(15(18)19)14(7-9)20-13-4-2-3-12(16)11(13)8-17/h2-7H,1H3,(H,18,19). The van der Waals surface area contributed by atoms with Crippen LogP contribution in [-0.4, -0.2) is 11.1 Å². The first-order chi connectivity index (χ1) is 9.52. The van der Waals surface area contributed by atoms with Crippen molar-refractivity contribution in [2.75, 3.05) is 0 Å². The maximum Gasteiger partial charge on any atom is 0.339 e. The molecule has 0 heterocycles. The highest BCUT2D eigenvalue weighted by Crippen LogP contribution is 2.32. The van der Waals surface area contributed by atoms with Crippen LogP contribution in [0.25, 0.3) is 0 Å². The fourth-order valence-electron chi connectivity index (χ4n) is 1.71. The molecule has 0 aliphatic carbocycles. The summed E-state index contributed by atoms with van der Waals surface area (Å²) in [6, 6.07) is 11.9. The van der Waals surface area contributed by atoms with Crippen molar-refractivity contribution in [3.63, 3.8) is 0 Å². The van der Waals surface area contributed by atoms with E-state index in [0.29, 0.717) is 15.8 Å². The molecule has 0 spiro atoms. The number of hydrogen-bond acceptors (Lipinski definition) is 3. The summed E-state index contributed by atoms with van der Waals surface area (Å²) in [7, 11) is 0. The summed E-state index contributed by atoms with van der Waals surface area (Å²) in [6.07, 6.45) is 0. The van der Waals surface area contributed by atoms with Crippen LogP contribution in [0.1, 0.15) is 21.5 Å². The van der Waals surface area contributed by atoms with Gasteiger partial charge in [-0.05, 0) is 52.7 Å². The Morgan fingerprint density at radius 1 is 1.30 bits per heavy atom. The second-order valence-corrected chi connectivity index (χ2v) is 4.99. The molecular formula is C15H10BrNO3. The van der Waals surface area contributed by atoms with Gasteiger partial charge in [0.25, 0.3) is 0 Å². The third-order valence-corrected chi connectivity index (χ3v) is 3.34. The minimum atomic E-state index is -1.08. The zero-order valence-electron chi connectivity index (χ0n) is 10.6. The van der Waals surface area contributed by atoms with Crippen LogP contribution in [0.2, 0.25) is 0 Å². The number of aromatic carboxylic acids is 1. The van der Waals surface area contributed by atoms with Gasteiger partial charge in [-0.1, -0.05) is 12.1 Å². The van der Waals surface area contributed by atoms with E-state index in [1.54, 1.807) is 30.3 Å². The van der Waals surface area contributed by atoms with Crippen LogP contribution in [-0.2, 0) is 0 Å². The van der Waals surface area contributed by atoms with Crippen molar-refractivity contribution < 1.29 is 14.6 Å². The van der Waals surface area contributed by atoms with E-state index in [1.165, 1.54) is 6.07 Å². The molecule has 0 aromatic heterocycles. The summed E-state index contributed by atoms with van der Waals surface area (Å²) in [4.78, 5) is 11.2. The van der Waals surface area contributed by atoms with Gasteiger partial charge in [0.2, 0.25) is 0 Å². The molecule has 20 heavy (non-hydrogen) atoms. The Kier molecular flexibility index (Phi) is 4.06. The smallest absolute Gasteiger partial charge is 0.339 e. The van der Waals surface area contributed by atoms with Gasteiger partial charge < -0.3 is 9.84 Å². The first-order valence-electron chi connectivity index (χ1n) is 5.73. The fraction of sp³-hybridized carbons (Fsp3) is 0.0667. The lowest BCUT2D eigenvalue weighted by molar-refractivity contribution is 0.0694. The van der Waals surface area contributed by atoms with Gasteiger partial charge in [-0.15, -0.1) is 0 Å². The zero-order valence-corrected chi connectivity index (χ0v) is 12.1. The predicted octanol–water partition coefficient (Wildman–Crippen LogP) is 4.12. The highest BCUT2D eigenvalue weighted by atomic mass is 79.9. The highest BCUT2D eigenvalue weighted by Gasteiger charge is 2.15. The monoisotopic (exact) mass is 331 g/mol. The van der Waals surface area contributed by atoms with E-state index in [-0.39, 0.29) is 11.3 Å². The van der Waals surface area contributed by atoms with Gasteiger partial charge in [-0.2, -0.15) is 5.26 Å². The van der Waals surface area contributed by atoms with Crippen molar-refractivity contribution in [3.8, 4) is 17.6 Å². The number of rotatable bonds is 3. The van der Waals surface area contributed by atoms with Gasteiger partial charge >= 0.3 is 5.97 Å². The van der Waals surface area contributed by atoms with Crippen LogP contribution in [0.4, 0.5) is 0 Å². The topological polar surface area (TPSA) is 70.3 Å². The molecule has 0 bridgehead atoms. The summed E-state index contributed by atoms with van der Waals surface area (Å²) >= 11 is 3.26. The molecule has 5 heteroatoms. The van der Waals surface area contributed by atoms with E-state index >= 15 is 0 Å². The largest absolute Gasteiger partial charge is 0.478 e. The lowest BCUT2D eigenvalue weighted by atomic mass is 10.1. The normalized spacial score (nSPS) is 9.85. The van der Waals surface area contributed by atoms with Crippen LogP contribution >= 0.6 is 15.9 Å². The number of carboxylic acids is 1. The number of hydrogen-bond donors (Lipinski definition) is 1. The average Bonchev–Trinajstić information content (AvgIpc) is 2.38. The SMILES string of the molecule is Cc1ccc(C(=O)O)c(Oc2cccc(Br)c2C#N)c1. The number of ether oxygens (including phenoxy) is 1. The van der Waals surface area contributed by atoms with Gasteiger partial charge in [0, 0.05) is 4.47 Å². The minimum absolute atomic E-state index is 0.0551. The molecule has 0 saturated carbocycles. The van der Waals surface area contributed by atoms with Crippen LogP contribution in [0.3, 0.4) is 0 Å². The highest BCUT2D eigenvalue weighted by molar-refractivity contribution is 9.10. The average molecular weight is 332 g/mol. The molecule has 0 unspecified atom stereocenters. The van der Waals surface area contributed by atoms with Gasteiger partial charge in [0.15, 0.2) is 0 Å². The lowest BCUT2D eigenvalue weighted by Crippen LogP contribution is -2.01. The van der Waals surface area contributed by atoms with Crippen LogP contribution in [0.5, 0.6) is 11.5 Å². The Morgan fingerprint density at radius 2 is 2.05 bits per heavy atom. The van der Waals surface area contributed by atoms with Crippen molar-refractivity contribution in [1.29, 1.82) is 5.26 Å². The molecule has 0 aliphatic heterocycles. The Labute approximate surface area is 124 Å². The molecule has 0 atom stereocenters. The van der Waals surface area contributed by atoms with E-state index < -0.39 is 5.97 Å². The number of carboxylic acid groups (broad SMARTS) is 1. The lowest BCUT2D eigenvalue weighted by Gasteiger charge is -2.11. The molecule has 4 nitrogen and oxygen atoms in total. The third kappa shape index (κ3) is 2.81. The summed E-state index contributed by atoms with van der Waals surface area (Å²) in [5, 5.41) is 18.3. The molecule has 0 amide bonds. The van der Waals surface area contributed by atoms with Gasteiger partial charge in [-0.3, -0.25) is 0 Å². The molecule has 0 radical (unpaired) electrons. The molecule has 0 fully saturated rings. The van der Waals surface area contributed by atoms with E-state index in [2.05, 4.69) is 15.9 Å².